The Balaban J connectivity index is 2.15. The standard InChI is InChI=1S/C19H25N5O4/c1-12(20)17(25)22-15(9-14-10-21-11-24(14)2)18(26)23-16(19(27)28)8-13-6-4-3-5-7-13/h3-7,10-12,15-16H,8-9,20H2,1-2H3,(H,22,25)(H,23,26)(H,27,28). The van der Waals surface area contributed by atoms with Crippen LogP contribution in [0.4, 0.5) is 0 Å². The number of carbonyl (C=O) groups excluding carboxylic acids is 2. The van der Waals surface area contributed by atoms with Crippen LogP contribution in [-0.4, -0.2) is 50.6 Å². The van der Waals surface area contributed by atoms with Crippen molar-refractivity contribution in [2.24, 2.45) is 12.8 Å². The van der Waals surface area contributed by atoms with E-state index < -0.39 is 35.9 Å². The molecular formula is C19H25N5O4. The molecule has 9 nitrogen and oxygen atoms in total. The number of aryl methyl sites for hydroxylation is 1. The number of imidazole rings is 1. The first-order valence-electron chi connectivity index (χ1n) is 8.86. The molecule has 3 atom stereocenters. The van der Waals surface area contributed by atoms with E-state index in [2.05, 4.69) is 15.6 Å². The van der Waals surface area contributed by atoms with Crippen molar-refractivity contribution in [2.75, 3.05) is 0 Å². The van der Waals surface area contributed by atoms with Crippen LogP contribution in [0.15, 0.2) is 42.9 Å². The average Bonchev–Trinajstić information content (AvgIpc) is 3.05. The molecule has 9 heteroatoms. The van der Waals surface area contributed by atoms with Gasteiger partial charge in [-0.1, -0.05) is 30.3 Å². The summed E-state index contributed by atoms with van der Waals surface area (Å²) in [6.07, 6.45) is 3.43. The predicted molar refractivity (Wildman–Crippen MR) is 102 cm³/mol. The van der Waals surface area contributed by atoms with Gasteiger partial charge in [-0.3, -0.25) is 9.59 Å². The summed E-state index contributed by atoms with van der Waals surface area (Å²) in [5, 5.41) is 14.6. The molecule has 1 aromatic carbocycles. The minimum absolute atomic E-state index is 0.127. The highest BCUT2D eigenvalue weighted by molar-refractivity contribution is 5.91. The fourth-order valence-electron chi connectivity index (χ4n) is 2.63. The topological polar surface area (TPSA) is 139 Å². The Kier molecular flexibility index (Phi) is 7.28. The van der Waals surface area contributed by atoms with Crippen LogP contribution in [0.1, 0.15) is 18.2 Å². The van der Waals surface area contributed by atoms with Crippen molar-refractivity contribution in [3.63, 3.8) is 0 Å². The Bertz CT molecular complexity index is 819. The van der Waals surface area contributed by atoms with Crippen molar-refractivity contribution >= 4 is 17.8 Å². The van der Waals surface area contributed by atoms with Gasteiger partial charge in [0.2, 0.25) is 11.8 Å². The van der Waals surface area contributed by atoms with Crippen LogP contribution in [-0.2, 0) is 34.3 Å². The summed E-state index contributed by atoms with van der Waals surface area (Å²) in [7, 11) is 1.76. The summed E-state index contributed by atoms with van der Waals surface area (Å²) < 4.78 is 1.72. The van der Waals surface area contributed by atoms with Crippen LogP contribution in [0.5, 0.6) is 0 Å². The van der Waals surface area contributed by atoms with Crippen LogP contribution >= 0.6 is 0 Å². The molecule has 1 heterocycles. The molecule has 0 saturated heterocycles. The molecule has 0 saturated carbocycles. The van der Waals surface area contributed by atoms with Gasteiger partial charge in [-0.15, -0.1) is 0 Å². The first-order chi connectivity index (χ1) is 13.3. The van der Waals surface area contributed by atoms with E-state index in [1.165, 1.54) is 6.92 Å². The van der Waals surface area contributed by atoms with Gasteiger partial charge in [-0.05, 0) is 12.5 Å². The molecule has 0 aliphatic heterocycles. The maximum atomic E-state index is 12.8. The predicted octanol–water partition coefficient (Wildman–Crippen LogP) is -0.393. The molecule has 28 heavy (non-hydrogen) atoms. The third-order valence-electron chi connectivity index (χ3n) is 4.27. The number of amides is 2. The SMILES string of the molecule is CC(N)C(=O)NC(Cc1cncn1C)C(=O)NC(Cc1ccccc1)C(=O)O. The van der Waals surface area contributed by atoms with Gasteiger partial charge >= 0.3 is 5.97 Å². The molecule has 1 aromatic heterocycles. The number of hydrogen-bond acceptors (Lipinski definition) is 5. The zero-order valence-corrected chi connectivity index (χ0v) is 15.8. The van der Waals surface area contributed by atoms with Gasteiger partial charge in [0.15, 0.2) is 0 Å². The Morgan fingerprint density at radius 1 is 1.11 bits per heavy atom. The van der Waals surface area contributed by atoms with Gasteiger partial charge in [0.05, 0.1) is 12.4 Å². The monoisotopic (exact) mass is 387 g/mol. The molecule has 3 unspecified atom stereocenters. The molecule has 0 bridgehead atoms. The number of aromatic nitrogens is 2. The Morgan fingerprint density at radius 3 is 2.29 bits per heavy atom. The third-order valence-corrected chi connectivity index (χ3v) is 4.27. The number of aliphatic carboxylic acids is 1. The average molecular weight is 387 g/mol. The number of hydrogen-bond donors (Lipinski definition) is 4. The highest BCUT2D eigenvalue weighted by atomic mass is 16.4. The smallest absolute Gasteiger partial charge is 0.326 e. The summed E-state index contributed by atoms with van der Waals surface area (Å²) in [5.74, 6) is -2.26. The van der Waals surface area contributed by atoms with Gasteiger partial charge in [0.25, 0.3) is 0 Å². The maximum Gasteiger partial charge on any atom is 0.326 e. The Labute approximate surface area is 162 Å². The molecule has 0 radical (unpaired) electrons. The van der Waals surface area contributed by atoms with Crippen LogP contribution in [0.25, 0.3) is 0 Å². The first-order valence-corrected chi connectivity index (χ1v) is 8.86. The fraction of sp³-hybridized carbons (Fsp3) is 0.368. The lowest BCUT2D eigenvalue weighted by Gasteiger charge is -2.22. The lowest BCUT2D eigenvalue weighted by Crippen LogP contribution is -2.55. The van der Waals surface area contributed by atoms with Crippen molar-refractivity contribution in [3.8, 4) is 0 Å². The van der Waals surface area contributed by atoms with Crippen molar-refractivity contribution in [1.82, 2.24) is 20.2 Å². The fourth-order valence-corrected chi connectivity index (χ4v) is 2.63. The van der Waals surface area contributed by atoms with Gasteiger partial charge in [0.1, 0.15) is 12.1 Å². The number of nitrogens with two attached hydrogens (primary N) is 1. The number of carbonyl (C=O) groups is 3. The minimum Gasteiger partial charge on any atom is -0.480 e. The number of carboxylic acid groups (broad SMARTS) is 1. The van der Waals surface area contributed by atoms with Crippen molar-refractivity contribution in [3.05, 3.63) is 54.1 Å². The molecule has 2 rings (SSSR count). The number of nitrogens with zero attached hydrogens (tertiary/aromatic N) is 2. The van der Waals surface area contributed by atoms with Crippen molar-refractivity contribution < 1.29 is 19.5 Å². The molecular weight excluding hydrogens is 362 g/mol. The number of rotatable bonds is 9. The maximum absolute atomic E-state index is 12.8. The first kappa shape index (κ1) is 21.1. The van der Waals surface area contributed by atoms with Crippen LogP contribution < -0.4 is 16.4 Å². The second kappa shape index (κ2) is 9.65. The van der Waals surface area contributed by atoms with E-state index >= 15 is 0 Å². The summed E-state index contributed by atoms with van der Waals surface area (Å²) >= 11 is 0. The van der Waals surface area contributed by atoms with Gasteiger partial charge in [-0.2, -0.15) is 0 Å². The Hall–Kier alpha value is -3.20. The van der Waals surface area contributed by atoms with Crippen molar-refractivity contribution in [1.29, 1.82) is 0 Å². The minimum atomic E-state index is -1.16. The molecule has 2 amide bonds. The van der Waals surface area contributed by atoms with Crippen LogP contribution in [0, 0.1) is 0 Å². The van der Waals surface area contributed by atoms with E-state index in [0.717, 1.165) is 5.56 Å². The summed E-state index contributed by atoms with van der Waals surface area (Å²) in [6.45, 7) is 1.50. The molecule has 150 valence electrons. The van der Waals surface area contributed by atoms with Crippen LogP contribution in [0.3, 0.4) is 0 Å². The molecule has 0 aliphatic carbocycles. The normalized spacial score (nSPS) is 14.0. The van der Waals surface area contributed by atoms with Gasteiger partial charge in [0, 0.05) is 31.8 Å². The quantitative estimate of drug-likeness (QED) is 0.462. The highest BCUT2D eigenvalue weighted by Gasteiger charge is 2.28. The number of nitrogens with one attached hydrogen (secondary N) is 2. The zero-order chi connectivity index (χ0) is 20.7. The second-order valence-corrected chi connectivity index (χ2v) is 6.64. The lowest BCUT2D eigenvalue weighted by atomic mass is 10.0. The number of benzene rings is 1. The second-order valence-electron chi connectivity index (χ2n) is 6.64. The van der Waals surface area contributed by atoms with E-state index in [0.29, 0.717) is 5.69 Å². The summed E-state index contributed by atoms with van der Waals surface area (Å²) in [5.41, 5.74) is 7.07. The third kappa shape index (κ3) is 5.92. The Morgan fingerprint density at radius 2 is 1.75 bits per heavy atom. The molecule has 5 N–H and O–H groups in total. The van der Waals surface area contributed by atoms with Crippen LogP contribution in [0.2, 0.25) is 0 Å². The van der Waals surface area contributed by atoms with E-state index in [-0.39, 0.29) is 12.8 Å². The zero-order valence-electron chi connectivity index (χ0n) is 15.8. The lowest BCUT2D eigenvalue weighted by molar-refractivity contribution is -0.142. The molecule has 2 aromatic rings. The van der Waals surface area contributed by atoms with E-state index in [9.17, 15) is 19.5 Å². The van der Waals surface area contributed by atoms with E-state index in [1.807, 2.05) is 6.07 Å². The molecule has 0 fully saturated rings. The van der Waals surface area contributed by atoms with Gasteiger partial charge in [-0.25, -0.2) is 9.78 Å². The van der Waals surface area contributed by atoms with E-state index in [1.54, 1.807) is 48.4 Å². The summed E-state index contributed by atoms with van der Waals surface area (Å²) in [4.78, 5) is 40.4. The van der Waals surface area contributed by atoms with E-state index in [4.69, 9.17) is 5.73 Å². The molecule has 0 spiro atoms. The largest absolute Gasteiger partial charge is 0.480 e. The number of carboxylic acids is 1. The van der Waals surface area contributed by atoms with Gasteiger partial charge < -0.3 is 26.0 Å². The molecule has 0 aliphatic rings. The van der Waals surface area contributed by atoms with Crippen molar-refractivity contribution in [2.45, 2.75) is 37.9 Å². The summed E-state index contributed by atoms with van der Waals surface area (Å²) in [6, 6.07) is 6.07. The highest BCUT2D eigenvalue weighted by Crippen LogP contribution is 2.06.